The van der Waals surface area contributed by atoms with Crippen LogP contribution in [0.5, 0.6) is 0 Å². The van der Waals surface area contributed by atoms with Crippen LogP contribution in [0, 0.1) is 0 Å². The number of fused-ring (bicyclic) bond motifs is 1. The lowest BCUT2D eigenvalue weighted by atomic mass is 10.3. The van der Waals surface area contributed by atoms with Crippen molar-refractivity contribution in [3.05, 3.63) is 24.3 Å². The second kappa shape index (κ2) is 6.86. The molecule has 0 unspecified atom stereocenters. The van der Waals surface area contributed by atoms with Gasteiger partial charge in [0.1, 0.15) is 0 Å². The van der Waals surface area contributed by atoms with Crippen LogP contribution in [0.2, 0.25) is 0 Å². The van der Waals surface area contributed by atoms with Gasteiger partial charge in [-0.25, -0.2) is 4.98 Å². The molecule has 0 atom stereocenters. The summed E-state index contributed by atoms with van der Waals surface area (Å²) in [5, 5.41) is 0. The summed E-state index contributed by atoms with van der Waals surface area (Å²) in [5.74, 6) is 1.09. The van der Waals surface area contributed by atoms with Crippen LogP contribution in [-0.4, -0.2) is 73.6 Å². The fourth-order valence-corrected chi connectivity index (χ4v) is 3.35. The fourth-order valence-electron chi connectivity index (χ4n) is 3.35. The molecule has 23 heavy (non-hydrogen) atoms. The van der Waals surface area contributed by atoms with Gasteiger partial charge in [0, 0.05) is 39.3 Å². The van der Waals surface area contributed by atoms with Gasteiger partial charge in [-0.1, -0.05) is 12.1 Å². The van der Waals surface area contributed by atoms with Gasteiger partial charge in [-0.15, -0.1) is 0 Å². The molecule has 0 bridgehead atoms. The predicted octanol–water partition coefficient (Wildman–Crippen LogP) is 1.21. The van der Waals surface area contributed by atoms with E-state index in [0.717, 1.165) is 77.2 Å². The molecule has 0 N–H and O–H groups in total. The SMILES string of the molecule is c1ccc2c(c1)nc(N1CCOCC1)n2CCN1CCOCC1. The zero-order valence-electron chi connectivity index (χ0n) is 13.5. The fraction of sp³-hybridized carbons (Fsp3) is 0.588. The topological polar surface area (TPSA) is 42.8 Å². The second-order valence-electron chi connectivity index (χ2n) is 6.11. The van der Waals surface area contributed by atoms with Crippen LogP contribution in [0.4, 0.5) is 5.95 Å². The van der Waals surface area contributed by atoms with E-state index >= 15 is 0 Å². The molecule has 124 valence electrons. The lowest BCUT2D eigenvalue weighted by molar-refractivity contribution is 0.0365. The first-order valence-electron chi connectivity index (χ1n) is 8.50. The average molecular weight is 316 g/mol. The Morgan fingerprint density at radius 1 is 0.870 bits per heavy atom. The van der Waals surface area contributed by atoms with E-state index in [1.807, 2.05) is 0 Å². The Hall–Kier alpha value is -1.63. The van der Waals surface area contributed by atoms with E-state index in [1.54, 1.807) is 0 Å². The molecule has 3 heterocycles. The summed E-state index contributed by atoms with van der Waals surface area (Å²) in [6.45, 7) is 9.16. The van der Waals surface area contributed by atoms with Crippen molar-refractivity contribution < 1.29 is 9.47 Å². The molecule has 0 radical (unpaired) electrons. The van der Waals surface area contributed by atoms with Crippen LogP contribution in [0.25, 0.3) is 11.0 Å². The molecule has 2 aromatic rings. The van der Waals surface area contributed by atoms with Gasteiger partial charge in [-0.05, 0) is 12.1 Å². The highest BCUT2D eigenvalue weighted by atomic mass is 16.5. The summed E-state index contributed by atoms with van der Waals surface area (Å²) in [5.41, 5.74) is 2.30. The van der Waals surface area contributed by atoms with E-state index in [1.165, 1.54) is 5.52 Å². The Labute approximate surface area is 136 Å². The van der Waals surface area contributed by atoms with Crippen molar-refractivity contribution in [3.63, 3.8) is 0 Å². The van der Waals surface area contributed by atoms with E-state index in [0.29, 0.717) is 0 Å². The molecule has 0 saturated carbocycles. The molecule has 0 amide bonds. The number of morpholine rings is 2. The summed E-state index contributed by atoms with van der Waals surface area (Å²) < 4.78 is 13.3. The number of hydrogen-bond acceptors (Lipinski definition) is 5. The predicted molar refractivity (Wildman–Crippen MR) is 90.0 cm³/mol. The van der Waals surface area contributed by atoms with E-state index in [9.17, 15) is 0 Å². The third-order valence-electron chi connectivity index (χ3n) is 4.67. The maximum Gasteiger partial charge on any atom is 0.206 e. The Morgan fingerprint density at radius 2 is 1.57 bits per heavy atom. The van der Waals surface area contributed by atoms with E-state index in [4.69, 9.17) is 14.5 Å². The molecule has 4 rings (SSSR count). The van der Waals surface area contributed by atoms with Crippen LogP contribution in [0.15, 0.2) is 24.3 Å². The first kappa shape index (κ1) is 14.9. The molecule has 1 aromatic carbocycles. The average Bonchev–Trinajstić information content (AvgIpc) is 3.00. The standard InChI is InChI=1S/C17H24N4O2/c1-2-4-16-15(3-1)18-17(20-9-13-23-14-10-20)21(16)6-5-19-7-11-22-12-8-19/h1-4H,5-14H2. The largest absolute Gasteiger partial charge is 0.379 e. The minimum atomic E-state index is 0.784. The number of hydrogen-bond donors (Lipinski definition) is 0. The molecule has 2 fully saturated rings. The summed E-state index contributed by atoms with van der Waals surface area (Å²) in [7, 11) is 0. The molecule has 6 heteroatoms. The van der Waals surface area contributed by atoms with Crippen LogP contribution in [0.3, 0.4) is 0 Å². The maximum atomic E-state index is 5.49. The summed E-state index contributed by atoms with van der Waals surface area (Å²) >= 11 is 0. The smallest absolute Gasteiger partial charge is 0.206 e. The van der Waals surface area contributed by atoms with Crippen molar-refractivity contribution in [2.45, 2.75) is 6.54 Å². The molecule has 0 spiro atoms. The lowest BCUT2D eigenvalue weighted by Crippen LogP contribution is -2.40. The molecule has 2 saturated heterocycles. The highest BCUT2D eigenvalue weighted by Gasteiger charge is 2.20. The number of aromatic nitrogens is 2. The Balaban J connectivity index is 1.59. The first-order valence-corrected chi connectivity index (χ1v) is 8.50. The summed E-state index contributed by atoms with van der Waals surface area (Å²) in [4.78, 5) is 9.71. The van der Waals surface area contributed by atoms with E-state index in [-0.39, 0.29) is 0 Å². The van der Waals surface area contributed by atoms with Crippen molar-refractivity contribution in [1.29, 1.82) is 0 Å². The minimum Gasteiger partial charge on any atom is -0.379 e. The third-order valence-corrected chi connectivity index (χ3v) is 4.67. The normalized spacial score (nSPS) is 20.3. The zero-order valence-corrected chi connectivity index (χ0v) is 13.5. The number of para-hydroxylation sites is 2. The molecule has 2 aliphatic rings. The highest BCUT2D eigenvalue weighted by molar-refractivity contribution is 5.78. The van der Waals surface area contributed by atoms with Crippen molar-refractivity contribution in [1.82, 2.24) is 14.5 Å². The third kappa shape index (κ3) is 3.20. The molecule has 2 aliphatic heterocycles. The Kier molecular flexibility index (Phi) is 4.46. The van der Waals surface area contributed by atoms with Gasteiger partial charge in [0.2, 0.25) is 5.95 Å². The minimum absolute atomic E-state index is 0.784. The van der Waals surface area contributed by atoms with Gasteiger partial charge in [0.25, 0.3) is 0 Å². The number of imidazole rings is 1. The molecule has 0 aliphatic carbocycles. The number of rotatable bonds is 4. The van der Waals surface area contributed by atoms with Crippen LogP contribution in [-0.2, 0) is 16.0 Å². The quantitative estimate of drug-likeness (QED) is 0.848. The highest BCUT2D eigenvalue weighted by Crippen LogP contribution is 2.23. The van der Waals surface area contributed by atoms with Gasteiger partial charge < -0.3 is 18.9 Å². The lowest BCUT2D eigenvalue weighted by Gasteiger charge is -2.30. The molecular formula is C17H24N4O2. The monoisotopic (exact) mass is 316 g/mol. The Bertz CT molecular complexity index is 645. The zero-order chi connectivity index (χ0) is 15.5. The van der Waals surface area contributed by atoms with Crippen LogP contribution < -0.4 is 4.90 Å². The van der Waals surface area contributed by atoms with Gasteiger partial charge >= 0.3 is 0 Å². The van der Waals surface area contributed by atoms with Gasteiger partial charge in [0.05, 0.1) is 37.5 Å². The molecule has 6 nitrogen and oxygen atoms in total. The summed E-state index contributed by atoms with van der Waals surface area (Å²) in [6.07, 6.45) is 0. The van der Waals surface area contributed by atoms with Crippen molar-refractivity contribution in [3.8, 4) is 0 Å². The number of nitrogens with zero attached hydrogens (tertiary/aromatic N) is 4. The van der Waals surface area contributed by atoms with Crippen LogP contribution >= 0.6 is 0 Å². The number of benzene rings is 1. The molecular weight excluding hydrogens is 292 g/mol. The van der Waals surface area contributed by atoms with Crippen molar-refractivity contribution in [2.75, 3.05) is 64.1 Å². The van der Waals surface area contributed by atoms with Gasteiger partial charge in [-0.3, -0.25) is 4.90 Å². The summed E-state index contributed by atoms with van der Waals surface area (Å²) in [6, 6.07) is 8.43. The van der Waals surface area contributed by atoms with Crippen molar-refractivity contribution in [2.24, 2.45) is 0 Å². The van der Waals surface area contributed by atoms with E-state index < -0.39 is 0 Å². The van der Waals surface area contributed by atoms with Gasteiger partial charge in [-0.2, -0.15) is 0 Å². The van der Waals surface area contributed by atoms with Crippen LogP contribution in [0.1, 0.15) is 0 Å². The first-order chi connectivity index (χ1) is 11.4. The van der Waals surface area contributed by atoms with Gasteiger partial charge in [0.15, 0.2) is 0 Å². The molecule has 1 aromatic heterocycles. The maximum absolute atomic E-state index is 5.49. The number of ether oxygens (including phenoxy) is 2. The Morgan fingerprint density at radius 3 is 2.35 bits per heavy atom. The van der Waals surface area contributed by atoms with Crippen molar-refractivity contribution >= 4 is 17.0 Å². The number of anilines is 1. The van der Waals surface area contributed by atoms with E-state index in [2.05, 4.69) is 38.6 Å². The second-order valence-corrected chi connectivity index (χ2v) is 6.11.